The molecule has 0 spiro atoms. The second kappa shape index (κ2) is 5.46. The Hall–Kier alpha value is -1.15. The lowest BCUT2D eigenvalue weighted by molar-refractivity contribution is 0.0595. The number of carbonyl (C=O) groups excluding carboxylic acids is 1. The van der Waals surface area contributed by atoms with Crippen LogP contribution in [0.15, 0.2) is 5.38 Å². The fraction of sp³-hybridized carbons (Fsp3) is 0.556. The molecular formula is C9H14N2O4S2. The van der Waals surface area contributed by atoms with E-state index >= 15 is 0 Å². The number of nitrogens with zero attached hydrogens (tertiary/aromatic N) is 1. The Morgan fingerprint density at radius 3 is 2.82 bits per heavy atom. The van der Waals surface area contributed by atoms with Crippen molar-refractivity contribution >= 4 is 32.3 Å². The largest absolute Gasteiger partial charge is 0.464 e. The molecule has 0 amide bonds. The van der Waals surface area contributed by atoms with Crippen LogP contribution in [0.2, 0.25) is 0 Å². The lowest BCUT2D eigenvalue weighted by Crippen LogP contribution is -2.24. The van der Waals surface area contributed by atoms with Crippen LogP contribution in [0, 0.1) is 0 Å². The number of sulfone groups is 1. The second-order valence-electron chi connectivity index (χ2n) is 3.67. The molecule has 1 aromatic heterocycles. The number of ether oxygens (including phenoxy) is 1. The molecule has 8 heteroatoms. The number of anilines is 1. The molecule has 0 aliphatic rings. The smallest absolute Gasteiger partial charge is 0.357 e. The molecule has 1 atom stereocenters. The van der Waals surface area contributed by atoms with Crippen molar-refractivity contribution < 1.29 is 17.9 Å². The third kappa shape index (κ3) is 4.70. The van der Waals surface area contributed by atoms with Gasteiger partial charge in [-0.2, -0.15) is 0 Å². The van der Waals surface area contributed by atoms with Crippen LogP contribution in [0.3, 0.4) is 0 Å². The Bertz CT molecular complexity index is 495. The molecule has 0 aliphatic carbocycles. The highest BCUT2D eigenvalue weighted by Gasteiger charge is 2.14. The van der Waals surface area contributed by atoms with Gasteiger partial charge in [-0.05, 0) is 6.92 Å². The Labute approximate surface area is 104 Å². The zero-order valence-electron chi connectivity index (χ0n) is 9.76. The molecule has 0 saturated heterocycles. The Balaban J connectivity index is 2.63. The Kier molecular flexibility index (Phi) is 4.47. The topological polar surface area (TPSA) is 85.4 Å². The van der Waals surface area contributed by atoms with Gasteiger partial charge in [0.15, 0.2) is 10.8 Å². The summed E-state index contributed by atoms with van der Waals surface area (Å²) in [5.41, 5.74) is 0.214. The molecule has 96 valence electrons. The number of nitrogens with one attached hydrogen (secondary N) is 1. The van der Waals surface area contributed by atoms with E-state index in [4.69, 9.17) is 0 Å². The molecular weight excluding hydrogens is 264 g/mol. The van der Waals surface area contributed by atoms with Crippen molar-refractivity contribution in [1.29, 1.82) is 0 Å². The number of thiazole rings is 1. The number of esters is 1. The van der Waals surface area contributed by atoms with E-state index in [1.807, 2.05) is 0 Å². The highest BCUT2D eigenvalue weighted by molar-refractivity contribution is 7.90. The molecule has 6 nitrogen and oxygen atoms in total. The summed E-state index contributed by atoms with van der Waals surface area (Å²) in [4.78, 5) is 15.1. The number of rotatable bonds is 5. The summed E-state index contributed by atoms with van der Waals surface area (Å²) in [6, 6.07) is -0.262. The predicted octanol–water partition coefficient (Wildman–Crippen LogP) is 0.775. The predicted molar refractivity (Wildman–Crippen MR) is 66.2 cm³/mol. The monoisotopic (exact) mass is 278 g/mol. The molecule has 0 aliphatic heterocycles. The van der Waals surface area contributed by atoms with Gasteiger partial charge in [-0.1, -0.05) is 0 Å². The van der Waals surface area contributed by atoms with Crippen LogP contribution in [0.25, 0.3) is 0 Å². The maximum absolute atomic E-state index is 11.1. The number of aromatic nitrogens is 1. The van der Waals surface area contributed by atoms with E-state index in [-0.39, 0.29) is 17.5 Å². The van der Waals surface area contributed by atoms with Crippen molar-refractivity contribution in [2.24, 2.45) is 0 Å². The van der Waals surface area contributed by atoms with E-state index in [2.05, 4.69) is 15.0 Å². The molecule has 0 aromatic carbocycles. The van der Waals surface area contributed by atoms with Crippen molar-refractivity contribution in [2.75, 3.05) is 24.4 Å². The van der Waals surface area contributed by atoms with Crippen molar-refractivity contribution in [2.45, 2.75) is 13.0 Å². The zero-order valence-corrected chi connectivity index (χ0v) is 11.4. The van der Waals surface area contributed by atoms with Crippen LogP contribution in [0.4, 0.5) is 5.13 Å². The number of hydrogen-bond acceptors (Lipinski definition) is 7. The molecule has 1 N–H and O–H groups in total. The minimum absolute atomic E-state index is 0.0140. The quantitative estimate of drug-likeness (QED) is 0.801. The molecule has 1 rings (SSSR count). The highest BCUT2D eigenvalue weighted by atomic mass is 32.2. The third-order valence-corrected chi connectivity index (χ3v) is 3.70. The van der Waals surface area contributed by atoms with Gasteiger partial charge in [0.05, 0.1) is 12.9 Å². The molecule has 0 radical (unpaired) electrons. The van der Waals surface area contributed by atoms with Crippen molar-refractivity contribution in [3.8, 4) is 0 Å². The van der Waals surface area contributed by atoms with Crippen LogP contribution in [0.5, 0.6) is 0 Å². The summed E-state index contributed by atoms with van der Waals surface area (Å²) >= 11 is 1.23. The van der Waals surface area contributed by atoms with Gasteiger partial charge in [-0.3, -0.25) is 0 Å². The fourth-order valence-corrected chi connectivity index (χ4v) is 3.03. The van der Waals surface area contributed by atoms with Gasteiger partial charge in [-0.25, -0.2) is 18.2 Å². The Morgan fingerprint density at radius 1 is 1.65 bits per heavy atom. The maximum Gasteiger partial charge on any atom is 0.357 e. The molecule has 0 fully saturated rings. The average Bonchev–Trinajstić information content (AvgIpc) is 2.62. The fourth-order valence-electron chi connectivity index (χ4n) is 1.24. The van der Waals surface area contributed by atoms with E-state index in [0.717, 1.165) is 0 Å². The Morgan fingerprint density at radius 2 is 2.29 bits per heavy atom. The minimum Gasteiger partial charge on any atom is -0.464 e. The second-order valence-corrected chi connectivity index (χ2v) is 6.71. The van der Waals surface area contributed by atoms with Gasteiger partial charge < -0.3 is 10.1 Å². The van der Waals surface area contributed by atoms with E-state index in [1.54, 1.807) is 12.3 Å². The average molecular weight is 278 g/mol. The zero-order chi connectivity index (χ0) is 13.1. The summed E-state index contributed by atoms with van der Waals surface area (Å²) in [7, 11) is -1.76. The van der Waals surface area contributed by atoms with Crippen LogP contribution in [-0.2, 0) is 14.6 Å². The summed E-state index contributed by atoms with van der Waals surface area (Å²) in [6.45, 7) is 1.74. The third-order valence-electron chi connectivity index (χ3n) is 1.82. The molecule has 0 bridgehead atoms. The molecule has 1 heterocycles. The SMILES string of the molecule is COC(=O)c1csc(NC(C)CS(C)(=O)=O)n1. The first-order chi connectivity index (χ1) is 7.81. The maximum atomic E-state index is 11.1. The van der Waals surface area contributed by atoms with E-state index < -0.39 is 15.8 Å². The lowest BCUT2D eigenvalue weighted by Gasteiger charge is -2.10. The van der Waals surface area contributed by atoms with Crippen molar-refractivity contribution in [3.05, 3.63) is 11.1 Å². The van der Waals surface area contributed by atoms with Gasteiger partial charge in [0, 0.05) is 17.7 Å². The van der Waals surface area contributed by atoms with Gasteiger partial charge in [0.1, 0.15) is 9.84 Å². The van der Waals surface area contributed by atoms with Gasteiger partial charge in [0.25, 0.3) is 0 Å². The van der Waals surface area contributed by atoms with Crippen LogP contribution in [0.1, 0.15) is 17.4 Å². The van der Waals surface area contributed by atoms with Gasteiger partial charge in [-0.15, -0.1) is 11.3 Å². The summed E-state index contributed by atoms with van der Waals surface area (Å²) in [5, 5.41) is 4.98. The summed E-state index contributed by atoms with van der Waals surface area (Å²) in [6.07, 6.45) is 1.17. The van der Waals surface area contributed by atoms with Crippen LogP contribution >= 0.6 is 11.3 Å². The molecule has 1 aromatic rings. The van der Waals surface area contributed by atoms with E-state index in [1.165, 1.54) is 24.7 Å². The van der Waals surface area contributed by atoms with E-state index in [0.29, 0.717) is 5.13 Å². The normalized spacial score (nSPS) is 13.1. The first kappa shape index (κ1) is 13.9. The summed E-state index contributed by atoms with van der Waals surface area (Å²) in [5.74, 6) is -0.495. The van der Waals surface area contributed by atoms with Crippen molar-refractivity contribution in [3.63, 3.8) is 0 Å². The molecule has 17 heavy (non-hydrogen) atoms. The minimum atomic E-state index is -3.03. The van der Waals surface area contributed by atoms with E-state index in [9.17, 15) is 13.2 Å². The van der Waals surface area contributed by atoms with Gasteiger partial charge >= 0.3 is 5.97 Å². The van der Waals surface area contributed by atoms with Crippen LogP contribution in [-0.4, -0.2) is 44.5 Å². The molecule has 1 unspecified atom stereocenters. The molecule has 0 saturated carbocycles. The first-order valence-electron chi connectivity index (χ1n) is 4.80. The first-order valence-corrected chi connectivity index (χ1v) is 7.74. The lowest BCUT2D eigenvalue weighted by atomic mass is 10.4. The number of methoxy groups -OCH3 is 1. The van der Waals surface area contributed by atoms with Crippen molar-refractivity contribution in [1.82, 2.24) is 4.98 Å². The summed E-state index contributed by atoms with van der Waals surface area (Å²) < 4.78 is 26.6. The van der Waals surface area contributed by atoms with Crippen LogP contribution < -0.4 is 5.32 Å². The van der Waals surface area contributed by atoms with Gasteiger partial charge in [0.2, 0.25) is 0 Å². The number of hydrogen-bond donors (Lipinski definition) is 1. The number of carbonyl (C=O) groups is 1. The highest BCUT2D eigenvalue weighted by Crippen LogP contribution is 2.17. The standard InChI is InChI=1S/C9H14N2O4S2/c1-6(5-17(3,13)14)10-9-11-7(4-16-9)8(12)15-2/h4,6H,5H2,1-3H3,(H,10,11).